The Bertz CT molecular complexity index is 1530. The monoisotopic (exact) mass is 545 g/mol. The fraction of sp³-hybridized carbons (Fsp3) is 0.517. The third-order valence-electron chi connectivity index (χ3n) is 8.33. The van der Waals surface area contributed by atoms with Crippen LogP contribution in [0.2, 0.25) is 0 Å². The maximum absolute atomic E-state index is 12.7. The highest BCUT2D eigenvalue weighted by molar-refractivity contribution is 5.89. The standard InChI is InChI=1S/C29H35N7O4/c37-29-32-24-18-30-28(34-26(24)36(29)21-9-13-38-14-10-21)31-20-5-7-22(8-6-20)40-27-23-4-2-1-3-19(23)17-25(33-27)35-11-15-39-16-12-35/h1-4,17-18,20-22H,5-16H2,(H,32,37)(H,30,31,34). The molecule has 1 aliphatic carbocycles. The first-order valence-electron chi connectivity index (χ1n) is 14.4. The number of benzene rings is 1. The summed E-state index contributed by atoms with van der Waals surface area (Å²) in [5, 5.41) is 5.70. The molecule has 11 heteroatoms. The van der Waals surface area contributed by atoms with Crippen LogP contribution >= 0.6 is 0 Å². The third-order valence-corrected chi connectivity index (χ3v) is 8.33. The Labute approximate surface area is 231 Å². The van der Waals surface area contributed by atoms with Crippen LogP contribution in [-0.2, 0) is 9.47 Å². The number of aromatic amines is 1. The van der Waals surface area contributed by atoms with E-state index in [-0.39, 0.29) is 23.9 Å². The fourth-order valence-electron chi connectivity index (χ4n) is 6.13. The van der Waals surface area contributed by atoms with Crippen LogP contribution in [-0.4, -0.2) is 76.2 Å². The molecule has 3 aliphatic rings. The predicted octanol–water partition coefficient (Wildman–Crippen LogP) is 3.66. The molecule has 1 saturated carbocycles. The number of hydrogen-bond acceptors (Lipinski definition) is 9. The van der Waals surface area contributed by atoms with Crippen molar-refractivity contribution in [2.24, 2.45) is 0 Å². The van der Waals surface area contributed by atoms with Gasteiger partial charge in [0.25, 0.3) is 0 Å². The van der Waals surface area contributed by atoms with Gasteiger partial charge in [-0.15, -0.1) is 0 Å². The van der Waals surface area contributed by atoms with Crippen LogP contribution in [0.1, 0.15) is 44.6 Å². The summed E-state index contributed by atoms with van der Waals surface area (Å²) in [6.45, 7) is 4.43. The first-order valence-corrected chi connectivity index (χ1v) is 14.4. The van der Waals surface area contributed by atoms with Gasteiger partial charge in [-0.2, -0.15) is 9.97 Å². The van der Waals surface area contributed by atoms with Crippen molar-refractivity contribution < 1.29 is 14.2 Å². The Morgan fingerprint density at radius 3 is 2.55 bits per heavy atom. The Kier molecular flexibility index (Phi) is 6.98. The number of anilines is 2. The molecular formula is C29H35N7O4. The lowest BCUT2D eigenvalue weighted by Crippen LogP contribution is -2.37. The lowest BCUT2D eigenvalue weighted by atomic mass is 9.93. The van der Waals surface area contributed by atoms with Gasteiger partial charge >= 0.3 is 5.69 Å². The van der Waals surface area contributed by atoms with Crippen molar-refractivity contribution in [1.29, 1.82) is 0 Å². The molecule has 0 spiro atoms. The van der Waals surface area contributed by atoms with E-state index in [1.54, 1.807) is 10.8 Å². The summed E-state index contributed by atoms with van der Waals surface area (Å²) in [5.41, 5.74) is 1.19. The summed E-state index contributed by atoms with van der Waals surface area (Å²) in [5.74, 6) is 2.22. The molecule has 7 rings (SSSR count). The largest absolute Gasteiger partial charge is 0.474 e. The second-order valence-corrected chi connectivity index (χ2v) is 10.9. The molecule has 2 aliphatic heterocycles. The van der Waals surface area contributed by atoms with E-state index >= 15 is 0 Å². The van der Waals surface area contributed by atoms with Gasteiger partial charge in [0.05, 0.1) is 19.4 Å². The Balaban J connectivity index is 1.03. The third kappa shape index (κ3) is 5.11. The van der Waals surface area contributed by atoms with Crippen LogP contribution in [0.5, 0.6) is 5.88 Å². The van der Waals surface area contributed by atoms with Crippen LogP contribution in [0.3, 0.4) is 0 Å². The van der Waals surface area contributed by atoms with E-state index in [0.717, 1.165) is 81.4 Å². The average molecular weight is 546 g/mol. The quantitative estimate of drug-likeness (QED) is 0.374. The number of rotatable bonds is 6. The first kappa shape index (κ1) is 25.3. The topological polar surface area (TPSA) is 119 Å². The Morgan fingerprint density at radius 1 is 0.950 bits per heavy atom. The highest BCUT2D eigenvalue weighted by Gasteiger charge is 2.26. The number of ether oxygens (including phenoxy) is 3. The van der Waals surface area contributed by atoms with Gasteiger partial charge in [0.2, 0.25) is 11.8 Å². The van der Waals surface area contributed by atoms with E-state index in [2.05, 4.69) is 44.5 Å². The van der Waals surface area contributed by atoms with Crippen molar-refractivity contribution in [2.75, 3.05) is 49.7 Å². The minimum Gasteiger partial charge on any atom is -0.474 e. The van der Waals surface area contributed by atoms with Gasteiger partial charge < -0.3 is 29.4 Å². The van der Waals surface area contributed by atoms with Gasteiger partial charge in [-0.25, -0.2) is 9.78 Å². The van der Waals surface area contributed by atoms with Crippen molar-refractivity contribution in [2.45, 2.75) is 56.7 Å². The van der Waals surface area contributed by atoms with Crippen molar-refractivity contribution in [3.63, 3.8) is 0 Å². The van der Waals surface area contributed by atoms with Gasteiger partial charge in [-0.05, 0) is 56.0 Å². The van der Waals surface area contributed by atoms with E-state index in [1.165, 1.54) is 0 Å². The van der Waals surface area contributed by atoms with Crippen LogP contribution in [0, 0.1) is 0 Å². The minimum absolute atomic E-state index is 0.0942. The maximum atomic E-state index is 12.7. The number of morpholine rings is 1. The zero-order chi connectivity index (χ0) is 26.9. The summed E-state index contributed by atoms with van der Waals surface area (Å²) in [4.78, 5) is 32.0. The first-order chi connectivity index (χ1) is 19.7. The zero-order valence-electron chi connectivity index (χ0n) is 22.6. The summed E-state index contributed by atoms with van der Waals surface area (Å²) >= 11 is 0. The lowest BCUT2D eigenvalue weighted by molar-refractivity contribution is 0.0697. The summed E-state index contributed by atoms with van der Waals surface area (Å²) in [6.07, 6.45) is 7.12. The molecule has 3 aromatic heterocycles. The zero-order valence-corrected chi connectivity index (χ0v) is 22.6. The Hall–Kier alpha value is -3.70. The number of imidazole rings is 1. The highest BCUT2D eigenvalue weighted by atomic mass is 16.5. The molecular weight excluding hydrogens is 510 g/mol. The van der Waals surface area contributed by atoms with Crippen LogP contribution in [0.15, 0.2) is 41.3 Å². The van der Waals surface area contributed by atoms with E-state index in [0.29, 0.717) is 36.2 Å². The van der Waals surface area contributed by atoms with E-state index in [9.17, 15) is 4.79 Å². The van der Waals surface area contributed by atoms with Crippen LogP contribution < -0.4 is 20.6 Å². The SMILES string of the molecule is O=c1[nH]c2cnc(NC3CCC(Oc4nc(N5CCOCC5)cc5ccccc45)CC3)nc2n1C1CCOCC1. The molecule has 210 valence electrons. The second kappa shape index (κ2) is 11.1. The van der Waals surface area contributed by atoms with Gasteiger partial charge in [-0.1, -0.05) is 18.2 Å². The predicted molar refractivity (Wildman–Crippen MR) is 152 cm³/mol. The fourth-order valence-corrected chi connectivity index (χ4v) is 6.13. The number of nitrogens with one attached hydrogen (secondary N) is 2. The smallest absolute Gasteiger partial charge is 0.327 e. The van der Waals surface area contributed by atoms with E-state index in [4.69, 9.17) is 24.2 Å². The molecule has 5 heterocycles. The summed E-state index contributed by atoms with van der Waals surface area (Å²) in [7, 11) is 0. The number of aromatic nitrogens is 5. The molecule has 2 saturated heterocycles. The van der Waals surface area contributed by atoms with Crippen molar-refractivity contribution in [3.8, 4) is 5.88 Å². The number of fused-ring (bicyclic) bond motifs is 2. The molecule has 0 radical (unpaired) electrons. The molecule has 1 aromatic carbocycles. The summed E-state index contributed by atoms with van der Waals surface area (Å²) < 4.78 is 19.4. The van der Waals surface area contributed by atoms with E-state index in [1.807, 2.05) is 6.07 Å². The molecule has 0 bridgehead atoms. The maximum Gasteiger partial charge on any atom is 0.327 e. The molecule has 0 atom stereocenters. The number of nitrogens with zero attached hydrogens (tertiary/aromatic N) is 5. The molecule has 2 N–H and O–H groups in total. The minimum atomic E-state index is -0.134. The van der Waals surface area contributed by atoms with Crippen molar-refractivity contribution in [1.82, 2.24) is 24.5 Å². The van der Waals surface area contributed by atoms with Gasteiger partial charge in [-0.3, -0.25) is 4.57 Å². The number of hydrogen-bond donors (Lipinski definition) is 2. The van der Waals surface area contributed by atoms with E-state index < -0.39 is 0 Å². The molecule has 0 amide bonds. The second-order valence-electron chi connectivity index (χ2n) is 10.9. The normalized spacial score (nSPS) is 22.6. The summed E-state index contributed by atoms with van der Waals surface area (Å²) in [6, 6.07) is 10.8. The molecule has 11 nitrogen and oxygen atoms in total. The molecule has 0 unspecified atom stereocenters. The lowest BCUT2D eigenvalue weighted by Gasteiger charge is -2.31. The van der Waals surface area contributed by atoms with Crippen LogP contribution in [0.4, 0.5) is 11.8 Å². The average Bonchev–Trinajstić information content (AvgIpc) is 3.34. The van der Waals surface area contributed by atoms with Crippen molar-refractivity contribution >= 4 is 33.7 Å². The van der Waals surface area contributed by atoms with Gasteiger partial charge in [0, 0.05) is 43.8 Å². The highest BCUT2D eigenvalue weighted by Crippen LogP contribution is 2.32. The number of H-pyrrole nitrogens is 1. The Morgan fingerprint density at radius 2 is 1.73 bits per heavy atom. The van der Waals surface area contributed by atoms with Crippen molar-refractivity contribution in [3.05, 3.63) is 47.0 Å². The van der Waals surface area contributed by atoms with Crippen LogP contribution in [0.25, 0.3) is 21.9 Å². The molecule has 4 aromatic rings. The van der Waals surface area contributed by atoms with Gasteiger partial charge in [0.1, 0.15) is 17.4 Å². The van der Waals surface area contributed by atoms with Gasteiger partial charge in [0.15, 0.2) is 5.65 Å². The molecule has 3 fully saturated rings. The number of pyridine rings is 1. The molecule has 40 heavy (non-hydrogen) atoms.